The van der Waals surface area contributed by atoms with Gasteiger partial charge in [-0.3, -0.25) is 0 Å². The molecular weight excluding hydrogens is 379 g/mol. The Morgan fingerprint density at radius 2 is 1.75 bits per heavy atom. The molecule has 0 bridgehead atoms. The van der Waals surface area contributed by atoms with Crippen molar-refractivity contribution in [2.75, 3.05) is 7.05 Å². The molecule has 2 rings (SSSR count). The fourth-order valence-corrected chi connectivity index (χ4v) is 4.24. The fourth-order valence-electron chi connectivity index (χ4n) is 1.89. The molecule has 0 saturated heterocycles. The summed E-state index contributed by atoms with van der Waals surface area (Å²) < 4.78 is 65.4. The van der Waals surface area contributed by atoms with Gasteiger partial charge in [0.1, 0.15) is 10.7 Å². The predicted molar refractivity (Wildman–Crippen MR) is 88.1 cm³/mol. The maximum Gasteiger partial charge on any atom is 0.242 e. The molecule has 0 aromatic heterocycles. The molecule has 0 radical (unpaired) electrons. The van der Waals surface area contributed by atoms with Crippen molar-refractivity contribution >= 4 is 31.6 Å². The van der Waals surface area contributed by atoms with Crippen LogP contribution in [0.4, 0.5) is 4.39 Å². The van der Waals surface area contributed by atoms with Crippen molar-refractivity contribution in [2.24, 2.45) is 0 Å². The van der Waals surface area contributed by atoms with Gasteiger partial charge in [-0.2, -0.15) is 0 Å². The van der Waals surface area contributed by atoms with Crippen LogP contribution in [0.2, 0.25) is 5.02 Å². The molecule has 0 atom stereocenters. The lowest BCUT2D eigenvalue weighted by Crippen LogP contribution is -2.24. The van der Waals surface area contributed by atoms with Crippen molar-refractivity contribution in [3.8, 4) is 0 Å². The highest BCUT2D eigenvalue weighted by atomic mass is 35.5. The third kappa shape index (κ3) is 4.31. The van der Waals surface area contributed by atoms with E-state index in [2.05, 4.69) is 9.44 Å². The summed E-state index contributed by atoms with van der Waals surface area (Å²) in [6.07, 6.45) is 0. The molecule has 0 aliphatic heterocycles. The van der Waals surface area contributed by atoms with Crippen LogP contribution in [0.5, 0.6) is 0 Å². The van der Waals surface area contributed by atoms with Crippen molar-refractivity contribution in [3.63, 3.8) is 0 Å². The zero-order valence-corrected chi connectivity index (χ0v) is 14.8. The minimum Gasteiger partial charge on any atom is -0.214 e. The van der Waals surface area contributed by atoms with Crippen molar-refractivity contribution < 1.29 is 21.2 Å². The maximum atomic E-state index is 13.0. The first-order chi connectivity index (χ1) is 11.2. The van der Waals surface area contributed by atoms with Gasteiger partial charge in [0.15, 0.2) is 0 Å². The number of rotatable bonds is 6. The van der Waals surface area contributed by atoms with Gasteiger partial charge in [0.25, 0.3) is 0 Å². The quantitative estimate of drug-likeness (QED) is 0.784. The van der Waals surface area contributed by atoms with Crippen LogP contribution in [0.15, 0.2) is 52.3 Å². The van der Waals surface area contributed by atoms with E-state index in [1.807, 2.05) is 0 Å². The van der Waals surface area contributed by atoms with Crippen molar-refractivity contribution in [3.05, 3.63) is 58.9 Å². The highest BCUT2D eigenvalue weighted by Gasteiger charge is 2.18. The van der Waals surface area contributed by atoms with Gasteiger partial charge in [-0.05, 0) is 42.9 Å². The largest absolute Gasteiger partial charge is 0.242 e. The predicted octanol–water partition coefficient (Wildman–Crippen LogP) is 1.87. The molecule has 0 aliphatic carbocycles. The summed E-state index contributed by atoms with van der Waals surface area (Å²) in [6, 6.07) is 8.75. The Balaban J connectivity index is 2.23. The van der Waals surface area contributed by atoms with Gasteiger partial charge in [-0.1, -0.05) is 23.7 Å². The molecule has 6 nitrogen and oxygen atoms in total. The third-order valence-corrected chi connectivity index (χ3v) is 6.42. The van der Waals surface area contributed by atoms with Gasteiger partial charge >= 0.3 is 0 Å². The summed E-state index contributed by atoms with van der Waals surface area (Å²) in [4.78, 5) is -0.244. The molecule has 2 N–H and O–H groups in total. The number of benzene rings is 2. The average Bonchev–Trinajstić information content (AvgIpc) is 2.53. The van der Waals surface area contributed by atoms with Crippen LogP contribution >= 0.6 is 11.6 Å². The number of hydrogen-bond acceptors (Lipinski definition) is 4. The van der Waals surface area contributed by atoms with Gasteiger partial charge in [0.05, 0.1) is 9.92 Å². The second-order valence-electron chi connectivity index (χ2n) is 4.75. The number of nitrogens with one attached hydrogen (secondary N) is 2. The molecule has 10 heteroatoms. The van der Waals surface area contributed by atoms with Gasteiger partial charge < -0.3 is 0 Å². The molecule has 0 saturated carbocycles. The van der Waals surface area contributed by atoms with E-state index in [1.165, 1.54) is 25.2 Å². The number of sulfonamides is 2. The van der Waals surface area contributed by atoms with Crippen molar-refractivity contribution in [1.29, 1.82) is 0 Å². The summed E-state index contributed by atoms with van der Waals surface area (Å²) in [7, 11) is -6.32. The highest BCUT2D eigenvalue weighted by molar-refractivity contribution is 7.89. The molecule has 24 heavy (non-hydrogen) atoms. The van der Waals surface area contributed by atoms with Crippen LogP contribution in [-0.4, -0.2) is 23.9 Å². The fraction of sp³-hybridized carbons (Fsp3) is 0.143. The van der Waals surface area contributed by atoms with Crippen LogP contribution in [-0.2, 0) is 26.6 Å². The highest BCUT2D eigenvalue weighted by Crippen LogP contribution is 2.22. The van der Waals surface area contributed by atoms with Crippen LogP contribution in [0.25, 0.3) is 0 Å². The Morgan fingerprint density at radius 3 is 2.38 bits per heavy atom. The van der Waals surface area contributed by atoms with Crippen LogP contribution in [0.3, 0.4) is 0 Å². The Bertz CT molecular complexity index is 962. The van der Waals surface area contributed by atoms with Crippen LogP contribution in [0.1, 0.15) is 5.56 Å². The summed E-state index contributed by atoms with van der Waals surface area (Å²) in [6.45, 7) is -0.150. The summed E-state index contributed by atoms with van der Waals surface area (Å²) in [5.41, 5.74) is 0.438. The first-order valence-electron chi connectivity index (χ1n) is 6.63. The molecule has 0 spiro atoms. The molecule has 0 aliphatic rings. The third-order valence-electron chi connectivity index (χ3n) is 3.13. The molecule has 0 amide bonds. The maximum absolute atomic E-state index is 13.0. The SMILES string of the molecule is CNS(=O)(=O)c1cccc(CNS(=O)(=O)c2ccc(F)cc2Cl)c1. The smallest absolute Gasteiger partial charge is 0.214 e. The Hall–Kier alpha value is -1.52. The first-order valence-corrected chi connectivity index (χ1v) is 9.97. The number of hydrogen-bond donors (Lipinski definition) is 2. The molecule has 130 valence electrons. The second kappa shape index (κ2) is 7.16. The van der Waals surface area contributed by atoms with Crippen molar-refractivity contribution in [1.82, 2.24) is 9.44 Å². The van der Waals surface area contributed by atoms with Gasteiger partial charge in [0.2, 0.25) is 20.0 Å². The van der Waals surface area contributed by atoms with Crippen LogP contribution in [0, 0.1) is 5.82 Å². The van der Waals surface area contributed by atoms with E-state index in [4.69, 9.17) is 11.6 Å². The van der Waals surface area contributed by atoms with Gasteiger partial charge in [-0.15, -0.1) is 0 Å². The molecular formula is C14H14ClFN2O4S2. The summed E-state index contributed by atoms with van der Waals surface area (Å²) in [5.74, 6) is -0.649. The van der Waals surface area contributed by atoms with Gasteiger partial charge in [-0.25, -0.2) is 30.7 Å². The summed E-state index contributed by atoms with van der Waals surface area (Å²) >= 11 is 5.75. The zero-order valence-electron chi connectivity index (χ0n) is 12.5. The Labute approximate surface area is 144 Å². The van der Waals surface area contributed by atoms with E-state index in [9.17, 15) is 21.2 Å². The van der Waals surface area contributed by atoms with E-state index in [-0.39, 0.29) is 21.4 Å². The lowest BCUT2D eigenvalue weighted by molar-refractivity contribution is 0.580. The monoisotopic (exact) mass is 392 g/mol. The van der Waals surface area contributed by atoms with E-state index in [0.717, 1.165) is 18.2 Å². The molecule has 0 fully saturated rings. The van der Waals surface area contributed by atoms with E-state index in [1.54, 1.807) is 6.07 Å². The first kappa shape index (κ1) is 18.8. The lowest BCUT2D eigenvalue weighted by atomic mass is 10.2. The zero-order chi connectivity index (χ0) is 18.0. The Morgan fingerprint density at radius 1 is 1.04 bits per heavy atom. The van der Waals surface area contributed by atoms with E-state index in [0.29, 0.717) is 5.56 Å². The summed E-state index contributed by atoms with van der Waals surface area (Å²) in [5, 5.41) is -0.242. The Kier molecular flexibility index (Phi) is 5.61. The normalized spacial score (nSPS) is 12.3. The second-order valence-corrected chi connectivity index (χ2v) is 8.78. The lowest BCUT2D eigenvalue weighted by Gasteiger charge is -2.09. The minimum atomic E-state index is -3.97. The van der Waals surface area contributed by atoms with Gasteiger partial charge in [0, 0.05) is 6.54 Å². The average molecular weight is 393 g/mol. The molecule has 2 aromatic rings. The van der Waals surface area contributed by atoms with Crippen LogP contribution < -0.4 is 9.44 Å². The standard InChI is InChI=1S/C14H14ClFN2O4S2/c1-17-23(19,20)12-4-2-3-10(7-12)9-18-24(21,22)14-6-5-11(16)8-13(14)15/h2-8,17-18H,9H2,1H3. The topological polar surface area (TPSA) is 92.3 Å². The molecule has 0 heterocycles. The molecule has 0 unspecified atom stereocenters. The number of halogens is 2. The van der Waals surface area contributed by atoms with E-state index >= 15 is 0 Å². The molecule has 2 aromatic carbocycles. The van der Waals surface area contributed by atoms with E-state index < -0.39 is 25.9 Å². The minimum absolute atomic E-state index is 0.0153. The van der Waals surface area contributed by atoms with Crippen molar-refractivity contribution in [2.45, 2.75) is 16.3 Å².